The molecule has 0 amide bonds. The Bertz CT molecular complexity index is 2880. The second-order valence-corrected chi connectivity index (χ2v) is 14.8. The lowest BCUT2D eigenvalue weighted by Gasteiger charge is -2.30. The van der Waals surface area contributed by atoms with Gasteiger partial charge in [-0.25, -0.2) is 0 Å². The number of aryl methyl sites for hydroxylation is 1. The molecule has 0 bridgehead atoms. The van der Waals surface area contributed by atoms with Gasteiger partial charge in [0.05, 0.1) is 5.69 Å². The number of nitrogens with zero attached hydrogens (tertiary/aromatic N) is 1. The Morgan fingerprint density at radius 1 is 0.471 bits per heavy atom. The van der Waals surface area contributed by atoms with Gasteiger partial charge in [0.1, 0.15) is 22.3 Å². The molecule has 7 aromatic carbocycles. The molecule has 51 heavy (non-hydrogen) atoms. The van der Waals surface area contributed by atoms with Crippen LogP contribution in [0.3, 0.4) is 0 Å². The number of hydrogen-bond donors (Lipinski definition) is 0. The smallest absolute Gasteiger partial charge is 0.137 e. The molecule has 0 fully saturated rings. The molecule has 2 heterocycles. The van der Waals surface area contributed by atoms with Crippen LogP contribution in [-0.4, -0.2) is 0 Å². The molecule has 0 radical (unpaired) electrons. The van der Waals surface area contributed by atoms with Gasteiger partial charge in [0.2, 0.25) is 0 Å². The topological polar surface area (TPSA) is 29.5 Å². The van der Waals surface area contributed by atoms with E-state index in [-0.39, 0.29) is 5.41 Å². The van der Waals surface area contributed by atoms with Gasteiger partial charge >= 0.3 is 0 Å². The SMILES string of the molecule is CC1(C)c2ccccc2-c2ccc(N(c3ccc4c(c3)oc3ccccc34)c3cc4oc5ccccc5c4cc3-c3cccc4c3CCC4)cc21. The van der Waals surface area contributed by atoms with Crippen LogP contribution < -0.4 is 4.90 Å². The maximum absolute atomic E-state index is 6.61. The van der Waals surface area contributed by atoms with Crippen molar-refractivity contribution in [3.63, 3.8) is 0 Å². The Labute approximate surface area is 296 Å². The summed E-state index contributed by atoms with van der Waals surface area (Å²) < 4.78 is 13.1. The van der Waals surface area contributed by atoms with Crippen LogP contribution in [0, 0.1) is 0 Å². The summed E-state index contributed by atoms with van der Waals surface area (Å²) in [5.74, 6) is 0. The van der Waals surface area contributed by atoms with E-state index >= 15 is 0 Å². The number of fused-ring (bicyclic) bond motifs is 10. The molecule has 2 aliphatic rings. The lowest BCUT2D eigenvalue weighted by atomic mass is 9.82. The second-order valence-electron chi connectivity index (χ2n) is 14.8. The molecule has 3 nitrogen and oxygen atoms in total. The second kappa shape index (κ2) is 10.5. The first-order valence-corrected chi connectivity index (χ1v) is 18.1. The van der Waals surface area contributed by atoms with Crippen molar-refractivity contribution in [3.05, 3.63) is 162 Å². The molecule has 0 atom stereocenters. The van der Waals surface area contributed by atoms with Crippen LogP contribution in [0.2, 0.25) is 0 Å². The van der Waals surface area contributed by atoms with Crippen molar-refractivity contribution < 1.29 is 8.83 Å². The quantitative estimate of drug-likeness (QED) is 0.189. The minimum Gasteiger partial charge on any atom is -0.456 e. The van der Waals surface area contributed by atoms with E-state index in [2.05, 4.69) is 152 Å². The summed E-state index contributed by atoms with van der Waals surface area (Å²) in [5.41, 5.74) is 17.4. The zero-order valence-corrected chi connectivity index (χ0v) is 28.7. The van der Waals surface area contributed by atoms with Crippen molar-refractivity contribution in [1.29, 1.82) is 0 Å². The summed E-state index contributed by atoms with van der Waals surface area (Å²) in [6, 6.07) is 50.8. The molecule has 11 rings (SSSR count). The summed E-state index contributed by atoms with van der Waals surface area (Å²) in [5, 5.41) is 4.53. The van der Waals surface area contributed by atoms with E-state index in [0.717, 1.165) is 73.8 Å². The number of anilines is 3. The summed E-state index contributed by atoms with van der Waals surface area (Å²) in [7, 11) is 0. The summed E-state index contributed by atoms with van der Waals surface area (Å²) >= 11 is 0. The monoisotopic (exact) mass is 657 g/mol. The molecule has 0 spiro atoms. The highest BCUT2D eigenvalue weighted by Crippen LogP contribution is 2.52. The van der Waals surface area contributed by atoms with Crippen molar-refractivity contribution in [1.82, 2.24) is 0 Å². The third-order valence-electron chi connectivity index (χ3n) is 11.6. The zero-order valence-electron chi connectivity index (χ0n) is 28.7. The van der Waals surface area contributed by atoms with E-state index in [1.165, 1.54) is 50.9 Å². The molecule has 0 aliphatic heterocycles. The molecule has 2 aliphatic carbocycles. The number of hydrogen-bond acceptors (Lipinski definition) is 3. The van der Waals surface area contributed by atoms with E-state index < -0.39 is 0 Å². The van der Waals surface area contributed by atoms with Crippen LogP contribution in [0.4, 0.5) is 17.1 Å². The third-order valence-corrected chi connectivity index (χ3v) is 11.6. The summed E-state index contributed by atoms with van der Waals surface area (Å²) in [6.45, 7) is 4.71. The fourth-order valence-electron chi connectivity index (χ4n) is 9.15. The number of para-hydroxylation sites is 2. The van der Waals surface area contributed by atoms with Gasteiger partial charge in [0, 0.05) is 56.0 Å². The molecule has 0 saturated carbocycles. The van der Waals surface area contributed by atoms with E-state index in [1.807, 2.05) is 6.07 Å². The van der Waals surface area contributed by atoms with E-state index in [1.54, 1.807) is 0 Å². The van der Waals surface area contributed by atoms with E-state index in [4.69, 9.17) is 8.83 Å². The van der Waals surface area contributed by atoms with E-state index in [9.17, 15) is 0 Å². The standard InChI is InChI=1S/C48H35NO2/c1-48(2)41-18-6-3-13-34(41)35-23-21-30(25-42(35)48)49(31-22-24-38-36-14-4-7-19-44(36)50-46(38)26-31)43-28-47-40(37-15-5-8-20-45(37)51-47)27-39(43)33-17-10-12-29-11-9-16-32(29)33/h3-8,10,12-15,17-28H,9,11,16H2,1-2H3. The molecule has 3 heteroatoms. The predicted octanol–water partition coefficient (Wildman–Crippen LogP) is 13.4. The van der Waals surface area contributed by atoms with Crippen molar-refractivity contribution >= 4 is 60.9 Å². The first-order chi connectivity index (χ1) is 25.0. The molecule has 0 N–H and O–H groups in total. The van der Waals surface area contributed by atoms with Crippen molar-refractivity contribution in [2.24, 2.45) is 0 Å². The van der Waals surface area contributed by atoms with Gasteiger partial charge < -0.3 is 13.7 Å². The third kappa shape index (κ3) is 4.12. The maximum Gasteiger partial charge on any atom is 0.137 e. The van der Waals surface area contributed by atoms with E-state index in [0.29, 0.717) is 0 Å². The fourth-order valence-corrected chi connectivity index (χ4v) is 9.15. The first-order valence-electron chi connectivity index (χ1n) is 18.1. The zero-order chi connectivity index (χ0) is 33.8. The van der Waals surface area contributed by atoms with Crippen LogP contribution in [0.25, 0.3) is 66.1 Å². The molecular formula is C48H35NO2. The fraction of sp³-hybridized carbons (Fsp3) is 0.125. The number of benzene rings is 7. The minimum atomic E-state index is -0.137. The summed E-state index contributed by atoms with van der Waals surface area (Å²) in [4.78, 5) is 2.43. The Hall–Kier alpha value is -6.06. The average molecular weight is 658 g/mol. The molecule has 0 saturated heterocycles. The Kier molecular flexibility index (Phi) is 5.90. The van der Waals surface area contributed by atoms with Gasteiger partial charge in [0.25, 0.3) is 0 Å². The average Bonchev–Trinajstić information content (AvgIpc) is 3.93. The van der Waals surface area contributed by atoms with Gasteiger partial charge in [-0.3, -0.25) is 0 Å². The predicted molar refractivity (Wildman–Crippen MR) is 211 cm³/mol. The van der Waals surface area contributed by atoms with Gasteiger partial charge in [0.15, 0.2) is 0 Å². The normalized spacial score (nSPS) is 14.4. The number of rotatable bonds is 4. The Morgan fingerprint density at radius 2 is 1.12 bits per heavy atom. The van der Waals surface area contributed by atoms with Gasteiger partial charge in [-0.15, -0.1) is 0 Å². The largest absolute Gasteiger partial charge is 0.456 e. The molecule has 2 aromatic heterocycles. The minimum absolute atomic E-state index is 0.137. The Balaban J connectivity index is 1.22. The molecule has 244 valence electrons. The summed E-state index contributed by atoms with van der Waals surface area (Å²) in [6.07, 6.45) is 3.40. The molecule has 0 unspecified atom stereocenters. The molecular weight excluding hydrogens is 623 g/mol. The number of furan rings is 2. The van der Waals surface area contributed by atoms with Crippen LogP contribution in [0.5, 0.6) is 0 Å². The highest BCUT2D eigenvalue weighted by atomic mass is 16.3. The highest BCUT2D eigenvalue weighted by molar-refractivity contribution is 6.10. The van der Waals surface area contributed by atoms with Gasteiger partial charge in [-0.05, 0) is 101 Å². The van der Waals surface area contributed by atoms with Gasteiger partial charge in [-0.1, -0.05) is 98.8 Å². The van der Waals surface area contributed by atoms with Crippen molar-refractivity contribution in [3.8, 4) is 22.3 Å². The lowest BCUT2D eigenvalue weighted by molar-refractivity contribution is 0.660. The highest BCUT2D eigenvalue weighted by Gasteiger charge is 2.36. The van der Waals surface area contributed by atoms with Crippen LogP contribution in [0.1, 0.15) is 42.5 Å². The van der Waals surface area contributed by atoms with Crippen LogP contribution in [0.15, 0.2) is 148 Å². The first kappa shape index (κ1) is 28.7. The Morgan fingerprint density at radius 3 is 1.96 bits per heavy atom. The maximum atomic E-state index is 6.61. The molecule has 9 aromatic rings. The van der Waals surface area contributed by atoms with Crippen LogP contribution in [-0.2, 0) is 18.3 Å². The van der Waals surface area contributed by atoms with Crippen LogP contribution >= 0.6 is 0 Å². The van der Waals surface area contributed by atoms with Gasteiger partial charge in [-0.2, -0.15) is 0 Å². The van der Waals surface area contributed by atoms with Crippen molar-refractivity contribution in [2.45, 2.75) is 38.5 Å². The lowest BCUT2D eigenvalue weighted by Crippen LogP contribution is -2.17. The van der Waals surface area contributed by atoms with Crippen molar-refractivity contribution in [2.75, 3.05) is 4.90 Å².